The Morgan fingerprint density at radius 3 is 2.31 bits per heavy atom. The van der Waals surface area contributed by atoms with E-state index in [1.54, 1.807) is 12.1 Å². The third kappa shape index (κ3) is 3.61. The van der Waals surface area contributed by atoms with Crippen LogP contribution in [0.3, 0.4) is 0 Å². The number of furan rings is 1. The van der Waals surface area contributed by atoms with Gasteiger partial charge >= 0.3 is 0 Å². The van der Waals surface area contributed by atoms with Crippen molar-refractivity contribution in [2.75, 3.05) is 5.32 Å². The number of hydrogen-bond acceptors (Lipinski definition) is 4. The van der Waals surface area contributed by atoms with Gasteiger partial charge in [0.25, 0.3) is 5.91 Å². The number of nitrogens with one attached hydrogen (secondary N) is 1. The summed E-state index contributed by atoms with van der Waals surface area (Å²) < 4.78 is 5.76. The number of halogens is 1. The monoisotopic (exact) mass is 424 g/mol. The van der Waals surface area contributed by atoms with Crippen molar-refractivity contribution < 1.29 is 9.21 Å². The minimum atomic E-state index is -0.323. The Kier molecular flexibility index (Phi) is 4.69. The first-order valence-electron chi connectivity index (χ1n) is 7.87. The molecule has 2 heterocycles. The number of carbonyl (C=O) groups is 1. The summed E-state index contributed by atoms with van der Waals surface area (Å²) in [5.41, 5.74) is 4.16. The van der Waals surface area contributed by atoms with Crippen LogP contribution in [-0.4, -0.2) is 10.9 Å². The zero-order valence-electron chi connectivity index (χ0n) is 13.5. The molecule has 128 valence electrons. The lowest BCUT2D eigenvalue weighted by Crippen LogP contribution is -2.10. The van der Waals surface area contributed by atoms with Gasteiger partial charge in [-0.3, -0.25) is 10.1 Å². The third-order valence-corrected chi connectivity index (χ3v) is 4.99. The summed E-state index contributed by atoms with van der Waals surface area (Å²) in [6, 6.07) is 21.7. The second-order valence-electron chi connectivity index (χ2n) is 5.54. The molecule has 4 rings (SSSR count). The molecular weight excluding hydrogens is 412 g/mol. The van der Waals surface area contributed by atoms with Crippen LogP contribution in [0.15, 0.2) is 81.2 Å². The van der Waals surface area contributed by atoms with Gasteiger partial charge < -0.3 is 4.42 Å². The van der Waals surface area contributed by atoms with Crippen molar-refractivity contribution in [3.05, 3.63) is 82.5 Å². The molecule has 0 bridgehead atoms. The van der Waals surface area contributed by atoms with Crippen LogP contribution >= 0.6 is 27.3 Å². The number of thiazole rings is 1. The SMILES string of the molecule is O=C(Nc1nc(-c2ccc(-c3ccccc3)cc2)cs1)c1ccc(Br)o1. The van der Waals surface area contributed by atoms with Crippen molar-refractivity contribution in [2.45, 2.75) is 0 Å². The van der Waals surface area contributed by atoms with E-state index in [4.69, 9.17) is 4.42 Å². The minimum absolute atomic E-state index is 0.237. The van der Waals surface area contributed by atoms with Crippen LogP contribution < -0.4 is 5.32 Å². The molecule has 2 aromatic heterocycles. The molecule has 0 aliphatic carbocycles. The summed E-state index contributed by atoms with van der Waals surface area (Å²) in [4.78, 5) is 16.6. The van der Waals surface area contributed by atoms with Gasteiger partial charge in [0.1, 0.15) is 0 Å². The number of carbonyl (C=O) groups excluding carboxylic acids is 1. The van der Waals surface area contributed by atoms with Crippen molar-refractivity contribution in [3.8, 4) is 22.4 Å². The lowest BCUT2D eigenvalue weighted by molar-refractivity contribution is 0.0995. The number of aromatic nitrogens is 1. The van der Waals surface area contributed by atoms with Crippen LogP contribution in [-0.2, 0) is 0 Å². The van der Waals surface area contributed by atoms with Crippen LogP contribution in [0.1, 0.15) is 10.6 Å². The number of anilines is 1. The summed E-state index contributed by atoms with van der Waals surface area (Å²) in [6.07, 6.45) is 0. The van der Waals surface area contributed by atoms with Gasteiger partial charge in [0.05, 0.1) is 5.69 Å². The summed E-state index contributed by atoms with van der Waals surface area (Å²) in [6.45, 7) is 0. The molecule has 0 aliphatic heterocycles. The predicted octanol–water partition coefficient (Wildman–Crippen LogP) is 6.08. The Morgan fingerprint density at radius 1 is 0.923 bits per heavy atom. The van der Waals surface area contributed by atoms with Crippen molar-refractivity contribution >= 4 is 38.3 Å². The van der Waals surface area contributed by atoms with Crippen LogP contribution in [0.5, 0.6) is 0 Å². The van der Waals surface area contributed by atoms with E-state index in [-0.39, 0.29) is 11.7 Å². The summed E-state index contributed by atoms with van der Waals surface area (Å²) in [5.74, 6) is -0.0862. The maximum absolute atomic E-state index is 12.1. The molecule has 0 spiro atoms. The molecule has 26 heavy (non-hydrogen) atoms. The van der Waals surface area contributed by atoms with E-state index < -0.39 is 0 Å². The largest absolute Gasteiger partial charge is 0.444 e. The van der Waals surface area contributed by atoms with Crippen molar-refractivity contribution in [1.29, 1.82) is 0 Å². The van der Waals surface area contributed by atoms with Gasteiger partial charge in [-0.05, 0) is 39.2 Å². The zero-order valence-corrected chi connectivity index (χ0v) is 15.9. The van der Waals surface area contributed by atoms with E-state index in [1.807, 2.05) is 35.7 Å². The second-order valence-corrected chi connectivity index (χ2v) is 7.18. The normalized spacial score (nSPS) is 10.7. The lowest BCUT2D eigenvalue weighted by atomic mass is 10.0. The van der Waals surface area contributed by atoms with Crippen LogP contribution in [0.25, 0.3) is 22.4 Å². The number of benzene rings is 2. The van der Waals surface area contributed by atoms with Gasteiger partial charge in [-0.25, -0.2) is 4.98 Å². The molecule has 1 N–H and O–H groups in total. The van der Waals surface area contributed by atoms with Gasteiger partial charge in [-0.1, -0.05) is 54.6 Å². The average molecular weight is 425 g/mol. The molecule has 0 fully saturated rings. The van der Waals surface area contributed by atoms with E-state index in [0.717, 1.165) is 16.8 Å². The number of rotatable bonds is 4. The standard InChI is InChI=1S/C20H13BrN2O2S/c21-18-11-10-17(25-18)19(24)23-20-22-16(12-26-20)15-8-6-14(7-9-15)13-4-2-1-3-5-13/h1-12H,(H,22,23,24). The Labute approximate surface area is 162 Å². The molecule has 0 aliphatic rings. The van der Waals surface area contributed by atoms with E-state index in [2.05, 4.69) is 50.5 Å². The van der Waals surface area contributed by atoms with Gasteiger partial charge in [-0.15, -0.1) is 11.3 Å². The fourth-order valence-corrected chi connectivity index (χ4v) is 3.54. The molecule has 0 unspecified atom stereocenters. The lowest BCUT2D eigenvalue weighted by Gasteiger charge is -2.03. The molecule has 2 aromatic carbocycles. The molecule has 0 saturated carbocycles. The van der Waals surface area contributed by atoms with Crippen molar-refractivity contribution in [2.24, 2.45) is 0 Å². The minimum Gasteiger partial charge on any atom is -0.444 e. The Balaban J connectivity index is 1.50. The van der Waals surface area contributed by atoms with E-state index in [0.29, 0.717) is 9.80 Å². The van der Waals surface area contributed by atoms with E-state index >= 15 is 0 Å². The van der Waals surface area contributed by atoms with Gasteiger partial charge in [-0.2, -0.15) is 0 Å². The second kappa shape index (κ2) is 7.27. The Hall–Kier alpha value is -2.70. The van der Waals surface area contributed by atoms with Gasteiger partial charge in [0, 0.05) is 10.9 Å². The summed E-state index contributed by atoms with van der Waals surface area (Å²) in [7, 11) is 0. The maximum Gasteiger partial charge on any atom is 0.293 e. The molecule has 4 nitrogen and oxygen atoms in total. The highest BCUT2D eigenvalue weighted by molar-refractivity contribution is 9.10. The van der Waals surface area contributed by atoms with Crippen LogP contribution in [0, 0.1) is 0 Å². The first-order valence-corrected chi connectivity index (χ1v) is 9.54. The van der Waals surface area contributed by atoms with Crippen molar-refractivity contribution in [1.82, 2.24) is 4.98 Å². The highest BCUT2D eigenvalue weighted by atomic mass is 79.9. The Bertz CT molecular complexity index is 1040. The highest BCUT2D eigenvalue weighted by Crippen LogP contribution is 2.28. The fourth-order valence-electron chi connectivity index (χ4n) is 2.52. The summed E-state index contributed by atoms with van der Waals surface area (Å²) in [5, 5.41) is 5.21. The first-order chi connectivity index (χ1) is 12.7. The van der Waals surface area contributed by atoms with E-state index in [1.165, 1.54) is 16.9 Å². The molecule has 1 amide bonds. The first kappa shape index (κ1) is 16.8. The molecular formula is C20H13BrN2O2S. The van der Waals surface area contributed by atoms with Gasteiger partial charge in [0.15, 0.2) is 15.6 Å². The molecule has 0 radical (unpaired) electrons. The number of nitrogens with zero attached hydrogens (tertiary/aromatic N) is 1. The van der Waals surface area contributed by atoms with Crippen LogP contribution in [0.2, 0.25) is 0 Å². The Morgan fingerprint density at radius 2 is 1.62 bits per heavy atom. The predicted molar refractivity (Wildman–Crippen MR) is 107 cm³/mol. The zero-order chi connectivity index (χ0) is 17.9. The number of amides is 1. The maximum atomic E-state index is 12.1. The van der Waals surface area contributed by atoms with Crippen molar-refractivity contribution in [3.63, 3.8) is 0 Å². The van der Waals surface area contributed by atoms with Gasteiger partial charge in [0.2, 0.25) is 0 Å². The number of hydrogen-bond donors (Lipinski definition) is 1. The summed E-state index contributed by atoms with van der Waals surface area (Å²) >= 11 is 4.56. The van der Waals surface area contributed by atoms with Crippen LogP contribution in [0.4, 0.5) is 5.13 Å². The smallest absolute Gasteiger partial charge is 0.293 e. The van der Waals surface area contributed by atoms with E-state index in [9.17, 15) is 4.79 Å². The highest BCUT2D eigenvalue weighted by Gasteiger charge is 2.13. The topological polar surface area (TPSA) is 55.1 Å². The average Bonchev–Trinajstić information content (AvgIpc) is 3.32. The molecule has 0 saturated heterocycles. The third-order valence-electron chi connectivity index (χ3n) is 3.81. The molecule has 6 heteroatoms. The fraction of sp³-hybridized carbons (Fsp3) is 0. The quantitative estimate of drug-likeness (QED) is 0.431. The molecule has 4 aromatic rings. The molecule has 0 atom stereocenters.